The Hall–Kier alpha value is -1.66. The fourth-order valence-corrected chi connectivity index (χ4v) is 6.64. The molecule has 2 atom stereocenters. The van der Waals surface area contributed by atoms with Gasteiger partial charge in [0, 0.05) is 38.2 Å². The minimum absolute atomic E-state index is 0.114. The minimum Gasteiger partial charge on any atom is -0.339 e. The number of nitrogens with zero attached hydrogens (tertiary/aromatic N) is 2. The van der Waals surface area contributed by atoms with E-state index in [2.05, 4.69) is 20.8 Å². The van der Waals surface area contributed by atoms with Gasteiger partial charge in [-0.15, -0.1) is 0 Å². The number of hydrogen-bond acceptors (Lipinski definition) is 3. The summed E-state index contributed by atoms with van der Waals surface area (Å²) in [5, 5.41) is 0. The van der Waals surface area contributed by atoms with Crippen LogP contribution in [0.15, 0.2) is 28.7 Å². The summed E-state index contributed by atoms with van der Waals surface area (Å²) in [7, 11) is -3.51. The Morgan fingerprint density at radius 2 is 1.87 bits per heavy atom. The van der Waals surface area contributed by atoms with Crippen LogP contribution >= 0.6 is 0 Å². The first kappa shape index (κ1) is 21.6. The van der Waals surface area contributed by atoms with E-state index in [1.807, 2.05) is 17.0 Å². The first-order valence-corrected chi connectivity index (χ1v) is 12.8. The van der Waals surface area contributed by atoms with Crippen LogP contribution in [0.3, 0.4) is 0 Å². The number of fused-ring (bicyclic) bond motifs is 1. The van der Waals surface area contributed by atoms with Crippen LogP contribution in [-0.2, 0) is 21.2 Å². The zero-order valence-electron chi connectivity index (χ0n) is 18.4. The van der Waals surface area contributed by atoms with Crippen molar-refractivity contribution in [3.05, 3.63) is 34.9 Å². The maximum absolute atomic E-state index is 13.2. The predicted molar refractivity (Wildman–Crippen MR) is 119 cm³/mol. The van der Waals surface area contributed by atoms with Gasteiger partial charge in [-0.05, 0) is 72.8 Å². The molecule has 164 valence electrons. The van der Waals surface area contributed by atoms with Gasteiger partial charge in [-0.2, -0.15) is 4.31 Å². The molecule has 2 fully saturated rings. The normalized spacial score (nSPS) is 24.4. The molecule has 1 amide bonds. The molecule has 1 saturated carbocycles. The van der Waals surface area contributed by atoms with E-state index >= 15 is 0 Å². The van der Waals surface area contributed by atoms with Crippen molar-refractivity contribution < 1.29 is 13.2 Å². The van der Waals surface area contributed by atoms with E-state index in [4.69, 9.17) is 0 Å². The van der Waals surface area contributed by atoms with Crippen LogP contribution in [-0.4, -0.2) is 49.7 Å². The van der Waals surface area contributed by atoms with Crippen LogP contribution in [0.1, 0.15) is 57.6 Å². The number of rotatable bonds is 7. The number of piperidine rings is 1. The van der Waals surface area contributed by atoms with Gasteiger partial charge in [0.25, 0.3) is 0 Å². The highest BCUT2D eigenvalue weighted by Gasteiger charge is 2.33. The molecule has 0 N–H and O–H groups in total. The molecule has 0 spiro atoms. The highest BCUT2D eigenvalue weighted by atomic mass is 32.2. The zero-order chi connectivity index (χ0) is 21.5. The van der Waals surface area contributed by atoms with Crippen LogP contribution in [0.25, 0.3) is 6.08 Å². The van der Waals surface area contributed by atoms with Crippen molar-refractivity contribution in [2.75, 3.05) is 26.2 Å². The number of benzene rings is 1. The van der Waals surface area contributed by atoms with Crippen molar-refractivity contribution >= 4 is 22.0 Å². The molecule has 3 aliphatic rings. The van der Waals surface area contributed by atoms with Crippen molar-refractivity contribution in [2.45, 2.75) is 57.8 Å². The molecule has 1 aliphatic heterocycles. The molecule has 6 heteroatoms. The summed E-state index contributed by atoms with van der Waals surface area (Å²) in [6.07, 6.45) is 6.97. The molecule has 2 unspecified atom stereocenters. The molecular weight excluding hydrogens is 396 g/mol. The second-order valence-electron chi connectivity index (χ2n) is 9.67. The van der Waals surface area contributed by atoms with E-state index < -0.39 is 10.0 Å². The third kappa shape index (κ3) is 4.50. The Morgan fingerprint density at radius 3 is 2.50 bits per heavy atom. The lowest BCUT2D eigenvalue weighted by atomic mass is 9.94. The maximum atomic E-state index is 13.2. The third-order valence-corrected chi connectivity index (χ3v) is 8.36. The van der Waals surface area contributed by atoms with Crippen molar-refractivity contribution in [1.29, 1.82) is 0 Å². The van der Waals surface area contributed by atoms with Crippen LogP contribution in [0, 0.1) is 17.8 Å². The lowest BCUT2D eigenvalue weighted by molar-refractivity contribution is -0.127. The standard InChI is InChI=1S/C24H34N2O3S/c1-4-9-25(16-19-5-6-19)24(27)22-11-20-7-8-23(13-21(20)12-22)30(28,29)26-14-17(2)10-18(3)15-26/h7-8,12-13,17-19H,4-6,9-11,14-16H2,1-3H3. The number of sulfonamides is 1. The first-order valence-electron chi connectivity index (χ1n) is 11.4. The van der Waals surface area contributed by atoms with Crippen LogP contribution < -0.4 is 0 Å². The SMILES string of the molecule is CCCN(CC1CC1)C(=O)C1=Cc2cc(S(=O)(=O)N3CC(C)CC(C)C3)ccc2C1. The minimum atomic E-state index is -3.51. The summed E-state index contributed by atoms with van der Waals surface area (Å²) in [6.45, 7) is 9.13. The summed E-state index contributed by atoms with van der Waals surface area (Å²) in [6, 6.07) is 5.37. The smallest absolute Gasteiger partial charge is 0.250 e. The maximum Gasteiger partial charge on any atom is 0.250 e. The van der Waals surface area contributed by atoms with Gasteiger partial charge in [0.15, 0.2) is 0 Å². The van der Waals surface area contributed by atoms with Crippen molar-refractivity contribution in [3.8, 4) is 0 Å². The summed E-state index contributed by atoms with van der Waals surface area (Å²) in [5.74, 6) is 1.52. The average molecular weight is 431 g/mol. The molecule has 1 saturated heterocycles. The summed E-state index contributed by atoms with van der Waals surface area (Å²) < 4.78 is 28.1. The molecule has 4 rings (SSSR count). The highest BCUT2D eigenvalue weighted by Crippen LogP contribution is 2.33. The molecule has 1 aromatic rings. The van der Waals surface area contributed by atoms with Crippen LogP contribution in [0.5, 0.6) is 0 Å². The Balaban J connectivity index is 1.54. The molecule has 0 aromatic heterocycles. The van der Waals surface area contributed by atoms with Gasteiger partial charge in [0.05, 0.1) is 4.90 Å². The van der Waals surface area contributed by atoms with E-state index in [0.717, 1.165) is 42.6 Å². The monoisotopic (exact) mass is 430 g/mol. The second kappa shape index (κ2) is 8.46. The summed E-state index contributed by atoms with van der Waals surface area (Å²) in [4.78, 5) is 15.4. The number of amides is 1. The van der Waals surface area contributed by atoms with E-state index in [1.54, 1.807) is 16.4 Å². The predicted octanol–water partition coefficient (Wildman–Crippen LogP) is 3.94. The van der Waals surface area contributed by atoms with Gasteiger partial charge in [-0.3, -0.25) is 4.79 Å². The molecule has 0 bridgehead atoms. The quantitative estimate of drug-likeness (QED) is 0.658. The Morgan fingerprint density at radius 1 is 1.17 bits per heavy atom. The summed E-state index contributed by atoms with van der Waals surface area (Å²) >= 11 is 0. The van der Waals surface area contributed by atoms with Crippen molar-refractivity contribution in [1.82, 2.24) is 9.21 Å². The number of carbonyl (C=O) groups is 1. The highest BCUT2D eigenvalue weighted by molar-refractivity contribution is 7.89. The largest absolute Gasteiger partial charge is 0.339 e. The van der Waals surface area contributed by atoms with E-state index in [-0.39, 0.29) is 5.91 Å². The Bertz CT molecular complexity index is 939. The van der Waals surface area contributed by atoms with Crippen molar-refractivity contribution in [2.24, 2.45) is 17.8 Å². The van der Waals surface area contributed by atoms with Gasteiger partial charge in [0.2, 0.25) is 15.9 Å². The third-order valence-electron chi connectivity index (χ3n) is 6.53. The molecule has 5 nitrogen and oxygen atoms in total. The molecule has 1 aromatic carbocycles. The van der Waals surface area contributed by atoms with Gasteiger partial charge in [-0.1, -0.05) is 26.8 Å². The number of carbonyl (C=O) groups excluding carboxylic acids is 1. The fourth-order valence-electron chi connectivity index (χ4n) is 4.92. The van der Waals surface area contributed by atoms with Crippen molar-refractivity contribution in [3.63, 3.8) is 0 Å². The van der Waals surface area contributed by atoms with E-state index in [0.29, 0.717) is 42.2 Å². The van der Waals surface area contributed by atoms with Gasteiger partial charge < -0.3 is 4.90 Å². The van der Waals surface area contributed by atoms with Gasteiger partial charge in [0.1, 0.15) is 0 Å². The topological polar surface area (TPSA) is 57.7 Å². The average Bonchev–Trinajstić information content (AvgIpc) is 3.41. The molecule has 30 heavy (non-hydrogen) atoms. The summed E-state index contributed by atoms with van der Waals surface area (Å²) in [5.41, 5.74) is 2.70. The Kier molecular flexibility index (Phi) is 6.08. The molecule has 0 radical (unpaired) electrons. The van der Waals surface area contributed by atoms with Crippen LogP contribution in [0.2, 0.25) is 0 Å². The van der Waals surface area contributed by atoms with E-state index in [1.165, 1.54) is 12.8 Å². The van der Waals surface area contributed by atoms with Gasteiger partial charge >= 0.3 is 0 Å². The molecular formula is C24H34N2O3S. The molecule has 1 heterocycles. The Labute approximate surface area is 181 Å². The lowest BCUT2D eigenvalue weighted by Gasteiger charge is -2.34. The van der Waals surface area contributed by atoms with Gasteiger partial charge in [-0.25, -0.2) is 8.42 Å². The van der Waals surface area contributed by atoms with Crippen LogP contribution in [0.4, 0.5) is 0 Å². The zero-order valence-corrected chi connectivity index (χ0v) is 19.2. The van der Waals surface area contributed by atoms with E-state index in [9.17, 15) is 13.2 Å². The second-order valence-corrected chi connectivity index (χ2v) is 11.6. The number of hydrogen-bond donors (Lipinski definition) is 0. The molecule has 2 aliphatic carbocycles. The first-order chi connectivity index (χ1) is 14.3. The fraction of sp³-hybridized carbons (Fsp3) is 0.625. The lowest BCUT2D eigenvalue weighted by Crippen LogP contribution is -2.42.